The quantitative estimate of drug-likeness (QED) is 0.816. The zero-order valence-corrected chi connectivity index (χ0v) is 14.2. The number of thiazole rings is 1. The molecule has 1 aromatic heterocycles. The largest absolute Gasteiger partial charge is 0.345 e. The van der Waals surface area contributed by atoms with Crippen molar-refractivity contribution in [3.8, 4) is 0 Å². The van der Waals surface area contributed by atoms with Crippen LogP contribution in [-0.2, 0) is 0 Å². The van der Waals surface area contributed by atoms with Crippen molar-refractivity contribution in [2.24, 2.45) is 5.92 Å². The van der Waals surface area contributed by atoms with Gasteiger partial charge in [0.1, 0.15) is 0 Å². The summed E-state index contributed by atoms with van der Waals surface area (Å²) in [6.07, 6.45) is 6.71. The van der Waals surface area contributed by atoms with Gasteiger partial charge in [0.15, 0.2) is 5.13 Å². The van der Waals surface area contributed by atoms with E-state index < -0.39 is 0 Å². The normalized spacial score (nSPS) is 17.9. The highest BCUT2D eigenvalue weighted by Gasteiger charge is 2.25. The van der Waals surface area contributed by atoms with E-state index in [1.807, 2.05) is 18.4 Å². The number of nitrogens with one attached hydrogen (secondary N) is 1. The van der Waals surface area contributed by atoms with E-state index in [9.17, 15) is 0 Å². The molecule has 20 heavy (non-hydrogen) atoms. The minimum atomic E-state index is 0.343. The molecule has 1 aliphatic rings. The van der Waals surface area contributed by atoms with Crippen LogP contribution < -0.4 is 10.2 Å². The topological polar surface area (TPSA) is 28.2 Å². The maximum Gasteiger partial charge on any atom is 0.185 e. The molecule has 0 bridgehead atoms. The van der Waals surface area contributed by atoms with Crippen LogP contribution >= 0.6 is 11.3 Å². The highest BCUT2D eigenvalue weighted by atomic mass is 32.1. The Morgan fingerprint density at radius 2 is 2.05 bits per heavy atom. The maximum atomic E-state index is 4.89. The molecule has 1 atom stereocenters. The van der Waals surface area contributed by atoms with Gasteiger partial charge in [0.2, 0.25) is 0 Å². The molecule has 1 N–H and O–H groups in total. The van der Waals surface area contributed by atoms with E-state index in [1.54, 1.807) is 0 Å². The number of anilines is 1. The van der Waals surface area contributed by atoms with E-state index >= 15 is 0 Å². The number of hydrogen-bond acceptors (Lipinski definition) is 4. The fourth-order valence-electron chi connectivity index (χ4n) is 2.80. The van der Waals surface area contributed by atoms with Crippen LogP contribution in [-0.4, -0.2) is 24.6 Å². The summed E-state index contributed by atoms with van der Waals surface area (Å²) >= 11 is 1.81. The molecule has 0 radical (unpaired) electrons. The first kappa shape index (κ1) is 15.8. The van der Waals surface area contributed by atoms with Crippen molar-refractivity contribution in [2.45, 2.75) is 65.0 Å². The van der Waals surface area contributed by atoms with Crippen LogP contribution in [0.4, 0.5) is 5.13 Å². The van der Waals surface area contributed by atoms with Gasteiger partial charge in [-0.25, -0.2) is 4.98 Å². The van der Waals surface area contributed by atoms with Gasteiger partial charge in [-0.3, -0.25) is 0 Å². The molecule has 2 rings (SSSR count). The average Bonchev–Trinajstić information content (AvgIpc) is 3.09. The van der Waals surface area contributed by atoms with Crippen LogP contribution in [0, 0.1) is 5.92 Å². The van der Waals surface area contributed by atoms with Crippen molar-refractivity contribution in [3.05, 3.63) is 11.1 Å². The van der Waals surface area contributed by atoms with E-state index in [1.165, 1.54) is 42.9 Å². The molecule has 1 aromatic rings. The van der Waals surface area contributed by atoms with Crippen molar-refractivity contribution in [2.75, 3.05) is 18.5 Å². The summed E-state index contributed by atoms with van der Waals surface area (Å²) in [4.78, 5) is 7.47. The predicted molar refractivity (Wildman–Crippen MR) is 88.6 cm³/mol. The highest BCUT2D eigenvalue weighted by molar-refractivity contribution is 7.13. The lowest BCUT2D eigenvalue weighted by Gasteiger charge is -2.29. The molecule has 1 heterocycles. The smallest absolute Gasteiger partial charge is 0.185 e. The molecule has 0 aliphatic heterocycles. The predicted octanol–water partition coefficient (Wildman–Crippen LogP) is 4.22. The zero-order chi connectivity index (χ0) is 14.5. The summed E-state index contributed by atoms with van der Waals surface area (Å²) in [6.45, 7) is 7.95. The molecule has 3 nitrogen and oxygen atoms in total. The first-order chi connectivity index (χ1) is 9.61. The Balaban J connectivity index is 2.10. The van der Waals surface area contributed by atoms with Gasteiger partial charge in [-0.15, -0.1) is 11.3 Å². The van der Waals surface area contributed by atoms with Crippen LogP contribution in [0.25, 0.3) is 0 Å². The van der Waals surface area contributed by atoms with Crippen LogP contribution in [0.2, 0.25) is 0 Å². The molecule has 0 spiro atoms. The van der Waals surface area contributed by atoms with Crippen LogP contribution in [0.5, 0.6) is 0 Å². The number of hydrogen-bond donors (Lipinski definition) is 1. The summed E-state index contributed by atoms with van der Waals surface area (Å²) in [5, 5.41) is 6.73. The third-order valence-electron chi connectivity index (χ3n) is 4.35. The minimum Gasteiger partial charge on any atom is -0.345 e. The molecule has 1 fully saturated rings. The van der Waals surface area contributed by atoms with Gasteiger partial charge in [-0.1, -0.05) is 26.7 Å². The summed E-state index contributed by atoms with van der Waals surface area (Å²) < 4.78 is 0. The van der Waals surface area contributed by atoms with Gasteiger partial charge in [-0.2, -0.15) is 0 Å². The molecular weight excluding hydrogens is 266 g/mol. The van der Waals surface area contributed by atoms with Crippen LogP contribution in [0.15, 0.2) is 5.38 Å². The first-order valence-corrected chi connectivity index (χ1v) is 8.89. The molecule has 1 saturated carbocycles. The monoisotopic (exact) mass is 295 g/mol. The van der Waals surface area contributed by atoms with E-state index in [0.717, 1.165) is 18.5 Å². The number of rotatable bonds is 7. The molecular formula is C16H29N3S. The number of nitrogens with zero attached hydrogens (tertiary/aromatic N) is 2. The van der Waals surface area contributed by atoms with Gasteiger partial charge >= 0.3 is 0 Å². The SMILES string of the molecule is CNC(C)c1csc(N(CCC(C)C)C2CCCC2)n1. The molecule has 114 valence electrons. The second-order valence-electron chi connectivity index (χ2n) is 6.38. The summed E-state index contributed by atoms with van der Waals surface area (Å²) in [7, 11) is 2.00. The van der Waals surface area contributed by atoms with Crippen molar-refractivity contribution in [1.82, 2.24) is 10.3 Å². The van der Waals surface area contributed by atoms with E-state index in [-0.39, 0.29) is 0 Å². The lowest BCUT2D eigenvalue weighted by Crippen LogP contribution is -2.34. The summed E-state index contributed by atoms with van der Waals surface area (Å²) in [6, 6.07) is 1.06. The Bertz CT molecular complexity index is 396. The van der Waals surface area contributed by atoms with Gasteiger partial charge in [0.25, 0.3) is 0 Å². The van der Waals surface area contributed by atoms with Crippen molar-refractivity contribution >= 4 is 16.5 Å². The Labute approximate surface area is 127 Å². The van der Waals surface area contributed by atoms with Crippen molar-refractivity contribution in [3.63, 3.8) is 0 Å². The molecule has 1 unspecified atom stereocenters. The summed E-state index contributed by atoms with van der Waals surface area (Å²) in [5.41, 5.74) is 1.18. The fourth-order valence-corrected chi connectivity index (χ4v) is 3.82. The standard InChI is InChI=1S/C16H29N3S/c1-12(2)9-10-19(14-7-5-6-8-14)16-18-15(11-20-16)13(3)17-4/h11-14,17H,5-10H2,1-4H3. The second-order valence-corrected chi connectivity index (χ2v) is 7.22. The molecule has 4 heteroatoms. The average molecular weight is 295 g/mol. The van der Waals surface area contributed by atoms with E-state index in [0.29, 0.717) is 6.04 Å². The summed E-state index contributed by atoms with van der Waals surface area (Å²) in [5.74, 6) is 0.759. The minimum absolute atomic E-state index is 0.343. The Morgan fingerprint density at radius 3 is 2.65 bits per heavy atom. The molecule has 0 amide bonds. The van der Waals surface area contributed by atoms with Crippen molar-refractivity contribution in [1.29, 1.82) is 0 Å². The van der Waals surface area contributed by atoms with Crippen molar-refractivity contribution < 1.29 is 0 Å². The molecule has 0 aromatic carbocycles. The molecule has 1 aliphatic carbocycles. The van der Waals surface area contributed by atoms with E-state index in [2.05, 4.69) is 36.4 Å². The van der Waals surface area contributed by atoms with Gasteiger partial charge in [0.05, 0.1) is 5.69 Å². The highest BCUT2D eigenvalue weighted by Crippen LogP contribution is 2.32. The fraction of sp³-hybridized carbons (Fsp3) is 0.812. The number of aromatic nitrogens is 1. The Kier molecular flexibility index (Phi) is 5.85. The lowest BCUT2D eigenvalue weighted by molar-refractivity contribution is 0.526. The maximum absolute atomic E-state index is 4.89. The third-order valence-corrected chi connectivity index (χ3v) is 5.24. The zero-order valence-electron chi connectivity index (χ0n) is 13.4. The molecule has 0 saturated heterocycles. The Hall–Kier alpha value is -0.610. The van der Waals surface area contributed by atoms with Crippen LogP contribution in [0.3, 0.4) is 0 Å². The van der Waals surface area contributed by atoms with Gasteiger partial charge in [0, 0.05) is 24.0 Å². The lowest BCUT2D eigenvalue weighted by atomic mass is 10.1. The van der Waals surface area contributed by atoms with Gasteiger partial charge in [-0.05, 0) is 39.2 Å². The third kappa shape index (κ3) is 3.95. The first-order valence-electron chi connectivity index (χ1n) is 8.01. The second kappa shape index (κ2) is 7.41. The van der Waals surface area contributed by atoms with Gasteiger partial charge < -0.3 is 10.2 Å². The van der Waals surface area contributed by atoms with E-state index in [4.69, 9.17) is 4.98 Å². The Morgan fingerprint density at radius 1 is 1.35 bits per heavy atom. The van der Waals surface area contributed by atoms with Crippen LogP contribution in [0.1, 0.15) is 64.6 Å².